The first-order chi connectivity index (χ1) is 8.34. The molecule has 0 fully saturated rings. The Labute approximate surface area is 98.2 Å². The molecule has 0 atom stereocenters. The molecule has 0 aliphatic rings. The van der Waals surface area contributed by atoms with E-state index < -0.39 is 0 Å². The van der Waals surface area contributed by atoms with Gasteiger partial charge in [-0.1, -0.05) is 18.2 Å². The molecule has 2 heterocycles. The monoisotopic (exact) mass is 222 g/mol. The molecule has 0 unspecified atom stereocenters. The van der Waals surface area contributed by atoms with E-state index in [9.17, 15) is 0 Å². The van der Waals surface area contributed by atoms with Crippen LogP contribution in [0.2, 0.25) is 0 Å². The Balaban J connectivity index is 2.30. The Morgan fingerprint density at radius 2 is 1.88 bits per heavy atom. The highest BCUT2D eigenvalue weighted by Gasteiger charge is 2.05. The summed E-state index contributed by atoms with van der Waals surface area (Å²) < 4.78 is 0. The molecular formula is C13H10N4. The summed E-state index contributed by atoms with van der Waals surface area (Å²) in [6.07, 6.45) is 3.25. The Kier molecular flexibility index (Phi) is 2.19. The predicted molar refractivity (Wildman–Crippen MR) is 67.2 cm³/mol. The van der Waals surface area contributed by atoms with Gasteiger partial charge in [-0.2, -0.15) is 0 Å². The lowest BCUT2D eigenvalue weighted by molar-refractivity contribution is 1.18. The maximum Gasteiger partial charge on any atom is 0.127 e. The molecule has 17 heavy (non-hydrogen) atoms. The number of pyridine rings is 1. The molecule has 0 amide bonds. The lowest BCUT2D eigenvalue weighted by Gasteiger charge is -2.05. The van der Waals surface area contributed by atoms with Gasteiger partial charge in [-0.05, 0) is 12.1 Å². The number of hydrogen-bond acceptors (Lipinski definition) is 4. The van der Waals surface area contributed by atoms with Gasteiger partial charge in [0, 0.05) is 23.2 Å². The van der Waals surface area contributed by atoms with Gasteiger partial charge in [0.05, 0.1) is 11.2 Å². The predicted octanol–water partition coefficient (Wildman–Crippen LogP) is 2.27. The van der Waals surface area contributed by atoms with E-state index in [4.69, 9.17) is 5.73 Å². The van der Waals surface area contributed by atoms with Crippen LogP contribution in [0.3, 0.4) is 0 Å². The molecule has 0 saturated carbocycles. The average molecular weight is 222 g/mol. The summed E-state index contributed by atoms with van der Waals surface area (Å²) in [6.45, 7) is 0. The number of nitrogens with zero attached hydrogens (tertiary/aromatic N) is 3. The van der Waals surface area contributed by atoms with Crippen LogP contribution in [0.4, 0.5) is 5.82 Å². The summed E-state index contributed by atoms with van der Waals surface area (Å²) in [7, 11) is 0. The molecule has 0 saturated heterocycles. The summed E-state index contributed by atoms with van der Waals surface area (Å²) >= 11 is 0. The Bertz CT molecular complexity index is 674. The van der Waals surface area contributed by atoms with E-state index in [-0.39, 0.29) is 0 Å². The van der Waals surface area contributed by atoms with Gasteiger partial charge in [0.15, 0.2) is 0 Å². The minimum Gasteiger partial charge on any atom is -0.384 e. The van der Waals surface area contributed by atoms with E-state index in [0.29, 0.717) is 5.82 Å². The first kappa shape index (κ1) is 9.72. The van der Waals surface area contributed by atoms with Crippen LogP contribution in [0.25, 0.3) is 22.2 Å². The third kappa shape index (κ3) is 1.69. The Morgan fingerprint density at radius 1 is 0.941 bits per heavy atom. The van der Waals surface area contributed by atoms with Crippen LogP contribution in [0.5, 0.6) is 0 Å². The number of aromatic nitrogens is 3. The van der Waals surface area contributed by atoms with Crippen LogP contribution in [0, 0.1) is 0 Å². The minimum atomic E-state index is 0.468. The van der Waals surface area contributed by atoms with Crippen molar-refractivity contribution in [1.82, 2.24) is 15.0 Å². The van der Waals surface area contributed by atoms with Crippen molar-refractivity contribution in [3.8, 4) is 11.3 Å². The van der Waals surface area contributed by atoms with Crippen LogP contribution < -0.4 is 5.73 Å². The van der Waals surface area contributed by atoms with Gasteiger partial charge in [-0.15, -0.1) is 0 Å². The first-order valence-electron chi connectivity index (χ1n) is 5.26. The molecular weight excluding hydrogens is 212 g/mol. The topological polar surface area (TPSA) is 64.7 Å². The molecule has 3 rings (SSSR count). The van der Waals surface area contributed by atoms with Crippen molar-refractivity contribution in [3.63, 3.8) is 0 Å². The van der Waals surface area contributed by atoms with E-state index in [1.165, 1.54) is 6.33 Å². The summed E-state index contributed by atoms with van der Waals surface area (Å²) in [5, 5.41) is 1.06. The minimum absolute atomic E-state index is 0.468. The smallest absolute Gasteiger partial charge is 0.127 e. The van der Waals surface area contributed by atoms with Crippen molar-refractivity contribution >= 4 is 16.7 Å². The Hall–Kier alpha value is -2.49. The van der Waals surface area contributed by atoms with Gasteiger partial charge in [-0.3, -0.25) is 4.98 Å². The third-order valence-corrected chi connectivity index (χ3v) is 2.61. The van der Waals surface area contributed by atoms with E-state index in [2.05, 4.69) is 15.0 Å². The van der Waals surface area contributed by atoms with E-state index in [1.807, 2.05) is 30.3 Å². The average Bonchev–Trinajstić information content (AvgIpc) is 2.38. The SMILES string of the molecule is Nc1cc(-c2cccc3ncccc23)ncn1. The molecule has 0 aliphatic carbocycles. The van der Waals surface area contributed by atoms with E-state index in [1.54, 1.807) is 12.3 Å². The molecule has 1 aromatic carbocycles. The molecule has 3 aromatic rings. The standard InChI is InChI=1S/C13H10N4/c14-13-7-12(16-8-17-13)10-3-1-5-11-9(10)4-2-6-15-11/h1-8H,(H2,14,16,17). The highest BCUT2D eigenvalue weighted by atomic mass is 14.9. The van der Waals surface area contributed by atoms with Crippen LogP contribution in [-0.4, -0.2) is 15.0 Å². The Morgan fingerprint density at radius 3 is 2.76 bits per heavy atom. The van der Waals surface area contributed by atoms with Crippen molar-refractivity contribution in [2.75, 3.05) is 5.73 Å². The highest BCUT2D eigenvalue weighted by molar-refractivity contribution is 5.93. The van der Waals surface area contributed by atoms with Crippen LogP contribution in [0.1, 0.15) is 0 Å². The van der Waals surface area contributed by atoms with Crippen molar-refractivity contribution in [2.45, 2.75) is 0 Å². The molecule has 2 aromatic heterocycles. The zero-order valence-corrected chi connectivity index (χ0v) is 9.04. The quantitative estimate of drug-likeness (QED) is 0.686. The van der Waals surface area contributed by atoms with Crippen molar-refractivity contribution in [3.05, 3.63) is 48.9 Å². The zero-order chi connectivity index (χ0) is 11.7. The third-order valence-electron chi connectivity index (χ3n) is 2.61. The lowest BCUT2D eigenvalue weighted by atomic mass is 10.1. The van der Waals surface area contributed by atoms with Gasteiger partial charge < -0.3 is 5.73 Å². The second kappa shape index (κ2) is 3.83. The van der Waals surface area contributed by atoms with Crippen LogP contribution in [-0.2, 0) is 0 Å². The van der Waals surface area contributed by atoms with Crippen molar-refractivity contribution < 1.29 is 0 Å². The summed E-state index contributed by atoms with van der Waals surface area (Å²) in [6, 6.07) is 11.6. The van der Waals surface area contributed by atoms with E-state index >= 15 is 0 Å². The lowest BCUT2D eigenvalue weighted by Crippen LogP contribution is -1.93. The van der Waals surface area contributed by atoms with Gasteiger partial charge in [0.25, 0.3) is 0 Å². The summed E-state index contributed by atoms with van der Waals surface area (Å²) in [5.41, 5.74) is 8.45. The molecule has 82 valence electrons. The molecule has 0 aliphatic heterocycles. The van der Waals surface area contributed by atoms with Gasteiger partial charge in [0.2, 0.25) is 0 Å². The zero-order valence-electron chi connectivity index (χ0n) is 9.04. The summed E-state index contributed by atoms with van der Waals surface area (Å²) in [4.78, 5) is 12.5. The second-order valence-electron chi connectivity index (χ2n) is 3.70. The van der Waals surface area contributed by atoms with Crippen LogP contribution >= 0.6 is 0 Å². The van der Waals surface area contributed by atoms with Gasteiger partial charge in [0.1, 0.15) is 12.1 Å². The molecule has 4 nitrogen and oxygen atoms in total. The first-order valence-corrected chi connectivity index (χ1v) is 5.26. The number of nitrogens with two attached hydrogens (primary N) is 1. The number of nitrogen functional groups attached to an aromatic ring is 1. The van der Waals surface area contributed by atoms with Gasteiger partial charge >= 0.3 is 0 Å². The fourth-order valence-electron chi connectivity index (χ4n) is 1.85. The number of hydrogen-bond donors (Lipinski definition) is 1. The second-order valence-corrected chi connectivity index (χ2v) is 3.70. The molecule has 0 radical (unpaired) electrons. The van der Waals surface area contributed by atoms with Crippen molar-refractivity contribution in [2.24, 2.45) is 0 Å². The van der Waals surface area contributed by atoms with Gasteiger partial charge in [-0.25, -0.2) is 9.97 Å². The fraction of sp³-hybridized carbons (Fsp3) is 0. The molecule has 0 spiro atoms. The maximum absolute atomic E-state index is 5.67. The molecule has 2 N–H and O–H groups in total. The highest BCUT2D eigenvalue weighted by Crippen LogP contribution is 2.26. The van der Waals surface area contributed by atoms with Crippen LogP contribution in [0.15, 0.2) is 48.9 Å². The van der Waals surface area contributed by atoms with Crippen molar-refractivity contribution in [1.29, 1.82) is 0 Å². The number of fused-ring (bicyclic) bond motifs is 1. The fourth-order valence-corrected chi connectivity index (χ4v) is 1.85. The summed E-state index contributed by atoms with van der Waals surface area (Å²) in [5.74, 6) is 0.468. The number of anilines is 1. The largest absolute Gasteiger partial charge is 0.384 e. The normalized spacial score (nSPS) is 10.6. The molecule has 0 bridgehead atoms. The molecule has 4 heteroatoms. The maximum atomic E-state index is 5.67. The number of benzene rings is 1. The number of rotatable bonds is 1. The van der Waals surface area contributed by atoms with E-state index in [0.717, 1.165) is 22.2 Å².